The van der Waals surface area contributed by atoms with Gasteiger partial charge < -0.3 is 14.4 Å². The standard InChI is InChI=1S/C19H24N2O2/c1-22-17-9-7-16(8-10-17)15-20-11-13-21(14-12-20)18-5-3-4-6-19(18)23-2/h3-10H,11-15H2,1-2H3. The van der Waals surface area contributed by atoms with Crippen LogP contribution in [0.4, 0.5) is 5.69 Å². The monoisotopic (exact) mass is 312 g/mol. The Kier molecular flexibility index (Phi) is 5.03. The Balaban J connectivity index is 1.57. The number of hydrogen-bond acceptors (Lipinski definition) is 4. The van der Waals surface area contributed by atoms with E-state index in [4.69, 9.17) is 9.47 Å². The number of rotatable bonds is 5. The van der Waals surface area contributed by atoms with E-state index in [0.717, 1.165) is 44.2 Å². The summed E-state index contributed by atoms with van der Waals surface area (Å²) in [5.74, 6) is 1.87. The number of nitrogens with zero attached hydrogens (tertiary/aromatic N) is 2. The zero-order valence-corrected chi connectivity index (χ0v) is 13.9. The minimum Gasteiger partial charge on any atom is -0.497 e. The largest absolute Gasteiger partial charge is 0.497 e. The van der Waals surface area contributed by atoms with Crippen LogP contribution in [0.3, 0.4) is 0 Å². The van der Waals surface area contributed by atoms with Gasteiger partial charge in [0.1, 0.15) is 11.5 Å². The quantitative estimate of drug-likeness (QED) is 0.847. The van der Waals surface area contributed by atoms with Gasteiger partial charge in [-0.3, -0.25) is 4.90 Å². The molecule has 0 aliphatic carbocycles. The third-order valence-corrected chi connectivity index (χ3v) is 4.36. The van der Waals surface area contributed by atoms with Crippen molar-refractivity contribution in [3.63, 3.8) is 0 Å². The molecular weight excluding hydrogens is 288 g/mol. The molecule has 4 nitrogen and oxygen atoms in total. The molecule has 4 heteroatoms. The number of para-hydroxylation sites is 2. The van der Waals surface area contributed by atoms with Crippen LogP contribution in [0.5, 0.6) is 11.5 Å². The molecule has 2 aromatic carbocycles. The molecule has 0 aromatic heterocycles. The van der Waals surface area contributed by atoms with Crippen molar-refractivity contribution in [2.24, 2.45) is 0 Å². The lowest BCUT2D eigenvalue weighted by Crippen LogP contribution is -2.46. The molecule has 1 aliphatic heterocycles. The van der Waals surface area contributed by atoms with Crippen molar-refractivity contribution in [2.45, 2.75) is 6.54 Å². The first-order valence-corrected chi connectivity index (χ1v) is 8.03. The first-order valence-electron chi connectivity index (χ1n) is 8.03. The Bertz CT molecular complexity index is 620. The van der Waals surface area contributed by atoms with Crippen LogP contribution in [0, 0.1) is 0 Å². The summed E-state index contributed by atoms with van der Waals surface area (Å²) in [5, 5.41) is 0. The fourth-order valence-electron chi connectivity index (χ4n) is 3.03. The van der Waals surface area contributed by atoms with Crippen LogP contribution < -0.4 is 14.4 Å². The van der Waals surface area contributed by atoms with Gasteiger partial charge in [0.2, 0.25) is 0 Å². The van der Waals surface area contributed by atoms with Crippen LogP contribution >= 0.6 is 0 Å². The number of anilines is 1. The normalized spacial score (nSPS) is 15.5. The topological polar surface area (TPSA) is 24.9 Å². The molecule has 1 aliphatic rings. The maximum atomic E-state index is 5.48. The van der Waals surface area contributed by atoms with Gasteiger partial charge in [-0.15, -0.1) is 0 Å². The van der Waals surface area contributed by atoms with E-state index in [-0.39, 0.29) is 0 Å². The fourth-order valence-corrected chi connectivity index (χ4v) is 3.03. The van der Waals surface area contributed by atoms with E-state index in [1.165, 1.54) is 11.3 Å². The molecule has 3 rings (SSSR count). The Labute approximate surface area is 138 Å². The summed E-state index contributed by atoms with van der Waals surface area (Å²) >= 11 is 0. The van der Waals surface area contributed by atoms with E-state index in [9.17, 15) is 0 Å². The average molecular weight is 312 g/mol. The predicted octanol–water partition coefficient (Wildman–Crippen LogP) is 3.03. The lowest BCUT2D eigenvalue weighted by molar-refractivity contribution is 0.249. The van der Waals surface area contributed by atoms with E-state index in [1.54, 1.807) is 14.2 Å². The lowest BCUT2D eigenvalue weighted by Gasteiger charge is -2.36. The summed E-state index contributed by atoms with van der Waals surface area (Å²) in [6, 6.07) is 16.6. The molecule has 0 atom stereocenters. The molecule has 122 valence electrons. The third-order valence-electron chi connectivity index (χ3n) is 4.36. The van der Waals surface area contributed by atoms with Crippen LogP contribution in [0.2, 0.25) is 0 Å². The molecule has 0 radical (unpaired) electrons. The lowest BCUT2D eigenvalue weighted by atomic mass is 10.1. The highest BCUT2D eigenvalue weighted by atomic mass is 16.5. The second-order valence-corrected chi connectivity index (χ2v) is 5.78. The molecule has 1 fully saturated rings. The smallest absolute Gasteiger partial charge is 0.142 e. The highest BCUT2D eigenvalue weighted by molar-refractivity contribution is 5.58. The van der Waals surface area contributed by atoms with Crippen molar-refractivity contribution >= 4 is 5.69 Å². The zero-order chi connectivity index (χ0) is 16.1. The van der Waals surface area contributed by atoms with E-state index in [2.05, 4.69) is 34.1 Å². The number of piperazine rings is 1. The van der Waals surface area contributed by atoms with E-state index >= 15 is 0 Å². The predicted molar refractivity (Wildman–Crippen MR) is 93.5 cm³/mol. The molecule has 0 unspecified atom stereocenters. The highest BCUT2D eigenvalue weighted by Crippen LogP contribution is 2.28. The Morgan fingerprint density at radius 2 is 1.52 bits per heavy atom. The molecule has 1 saturated heterocycles. The van der Waals surface area contributed by atoms with Gasteiger partial charge in [-0.1, -0.05) is 24.3 Å². The van der Waals surface area contributed by atoms with Gasteiger partial charge in [0.05, 0.1) is 19.9 Å². The summed E-state index contributed by atoms with van der Waals surface area (Å²) in [5.41, 5.74) is 2.52. The zero-order valence-electron chi connectivity index (χ0n) is 13.9. The Morgan fingerprint density at radius 3 is 2.17 bits per heavy atom. The van der Waals surface area contributed by atoms with Crippen LogP contribution in [0.1, 0.15) is 5.56 Å². The van der Waals surface area contributed by atoms with Crippen LogP contribution in [-0.2, 0) is 6.54 Å². The summed E-state index contributed by atoms with van der Waals surface area (Å²) in [6.07, 6.45) is 0. The maximum Gasteiger partial charge on any atom is 0.142 e. The number of benzene rings is 2. The van der Waals surface area contributed by atoms with Gasteiger partial charge in [-0.2, -0.15) is 0 Å². The Hall–Kier alpha value is -2.20. The minimum absolute atomic E-state index is 0.912. The number of hydrogen-bond donors (Lipinski definition) is 0. The van der Waals surface area contributed by atoms with Gasteiger partial charge >= 0.3 is 0 Å². The molecule has 1 heterocycles. The number of ether oxygens (including phenoxy) is 2. The van der Waals surface area contributed by atoms with E-state index in [0.29, 0.717) is 0 Å². The first kappa shape index (κ1) is 15.7. The van der Waals surface area contributed by atoms with Crippen LogP contribution in [0.25, 0.3) is 0 Å². The highest BCUT2D eigenvalue weighted by Gasteiger charge is 2.19. The van der Waals surface area contributed by atoms with Gasteiger partial charge in [0, 0.05) is 32.7 Å². The van der Waals surface area contributed by atoms with Gasteiger partial charge in [-0.05, 0) is 29.8 Å². The molecule has 0 spiro atoms. The van der Waals surface area contributed by atoms with Gasteiger partial charge in [0.25, 0.3) is 0 Å². The van der Waals surface area contributed by atoms with Crippen molar-refractivity contribution < 1.29 is 9.47 Å². The van der Waals surface area contributed by atoms with Crippen molar-refractivity contribution in [1.82, 2.24) is 4.90 Å². The molecule has 23 heavy (non-hydrogen) atoms. The van der Waals surface area contributed by atoms with E-state index in [1.807, 2.05) is 24.3 Å². The van der Waals surface area contributed by atoms with E-state index < -0.39 is 0 Å². The van der Waals surface area contributed by atoms with Crippen molar-refractivity contribution in [1.29, 1.82) is 0 Å². The molecule has 0 amide bonds. The third kappa shape index (κ3) is 3.77. The van der Waals surface area contributed by atoms with Crippen LogP contribution in [-0.4, -0.2) is 45.3 Å². The van der Waals surface area contributed by atoms with Gasteiger partial charge in [-0.25, -0.2) is 0 Å². The summed E-state index contributed by atoms with van der Waals surface area (Å²) in [6.45, 7) is 5.16. The molecule has 0 saturated carbocycles. The summed E-state index contributed by atoms with van der Waals surface area (Å²) < 4.78 is 10.7. The number of methoxy groups -OCH3 is 2. The minimum atomic E-state index is 0.912. The molecule has 0 N–H and O–H groups in total. The van der Waals surface area contributed by atoms with Crippen molar-refractivity contribution in [3.8, 4) is 11.5 Å². The SMILES string of the molecule is COc1ccc(CN2CCN(c3ccccc3OC)CC2)cc1. The molecular formula is C19H24N2O2. The van der Waals surface area contributed by atoms with Crippen molar-refractivity contribution in [2.75, 3.05) is 45.3 Å². The summed E-state index contributed by atoms with van der Waals surface area (Å²) in [7, 11) is 3.44. The second-order valence-electron chi connectivity index (χ2n) is 5.78. The Morgan fingerprint density at radius 1 is 0.826 bits per heavy atom. The summed E-state index contributed by atoms with van der Waals surface area (Å²) in [4.78, 5) is 4.90. The molecule has 2 aromatic rings. The molecule has 0 bridgehead atoms. The fraction of sp³-hybridized carbons (Fsp3) is 0.368. The van der Waals surface area contributed by atoms with Gasteiger partial charge in [0.15, 0.2) is 0 Å². The second kappa shape index (κ2) is 7.38. The average Bonchev–Trinajstić information content (AvgIpc) is 2.63. The van der Waals surface area contributed by atoms with Crippen molar-refractivity contribution in [3.05, 3.63) is 54.1 Å². The van der Waals surface area contributed by atoms with Crippen LogP contribution in [0.15, 0.2) is 48.5 Å². The maximum absolute atomic E-state index is 5.48. The first-order chi connectivity index (χ1) is 11.3.